The van der Waals surface area contributed by atoms with Gasteiger partial charge in [-0.15, -0.1) is 0 Å². The van der Waals surface area contributed by atoms with Crippen LogP contribution in [0.1, 0.15) is 42.1 Å². The van der Waals surface area contributed by atoms with Gasteiger partial charge in [-0.1, -0.05) is 12.8 Å². The predicted molar refractivity (Wildman–Crippen MR) is 71.4 cm³/mol. The number of hydrogen-bond donors (Lipinski definition) is 1. The number of imidazole rings is 1. The van der Waals surface area contributed by atoms with Crippen LogP contribution in [0.2, 0.25) is 0 Å². The molecule has 0 aliphatic heterocycles. The summed E-state index contributed by atoms with van der Waals surface area (Å²) in [6, 6.07) is 5.48. The number of rotatable bonds is 2. The Hall–Kier alpha value is -2.04. The van der Waals surface area contributed by atoms with E-state index in [9.17, 15) is 9.59 Å². The molecule has 1 N–H and O–H groups in total. The Morgan fingerprint density at radius 2 is 2.11 bits per heavy atom. The van der Waals surface area contributed by atoms with E-state index in [1.807, 2.05) is 10.6 Å². The third kappa shape index (κ3) is 1.95. The van der Waals surface area contributed by atoms with Crippen molar-refractivity contribution in [3.63, 3.8) is 0 Å². The minimum absolute atomic E-state index is 0.0936. The van der Waals surface area contributed by atoms with Crippen molar-refractivity contribution < 1.29 is 9.53 Å². The highest BCUT2D eigenvalue weighted by Crippen LogP contribution is 2.30. The monoisotopic (exact) mass is 260 g/mol. The first-order valence-corrected chi connectivity index (χ1v) is 6.53. The summed E-state index contributed by atoms with van der Waals surface area (Å²) in [6.07, 6.45) is 4.44. The number of methoxy groups -OCH3 is 1. The third-order valence-electron chi connectivity index (χ3n) is 3.83. The molecule has 1 aliphatic rings. The molecule has 0 saturated heterocycles. The largest absolute Gasteiger partial charge is 0.465 e. The summed E-state index contributed by atoms with van der Waals surface area (Å²) in [6.45, 7) is 0. The van der Waals surface area contributed by atoms with Gasteiger partial charge in [0.25, 0.3) is 0 Å². The van der Waals surface area contributed by atoms with E-state index in [0.717, 1.165) is 18.4 Å². The van der Waals surface area contributed by atoms with E-state index in [2.05, 4.69) is 9.72 Å². The number of esters is 1. The lowest BCUT2D eigenvalue weighted by Crippen LogP contribution is -2.20. The molecule has 0 atom stereocenters. The van der Waals surface area contributed by atoms with E-state index in [1.54, 1.807) is 12.1 Å². The molecule has 0 bridgehead atoms. The first-order chi connectivity index (χ1) is 9.20. The van der Waals surface area contributed by atoms with E-state index < -0.39 is 5.97 Å². The molecule has 1 heterocycles. The highest BCUT2D eigenvalue weighted by atomic mass is 16.5. The van der Waals surface area contributed by atoms with Gasteiger partial charge in [-0.05, 0) is 31.0 Å². The number of carbonyl (C=O) groups is 1. The SMILES string of the molecule is COC(=O)c1ccc2c(c1)[nH]c(=O)n2C1CCCC1. The van der Waals surface area contributed by atoms with Crippen LogP contribution in [0, 0.1) is 0 Å². The molecule has 5 heteroatoms. The Balaban J connectivity index is 2.12. The van der Waals surface area contributed by atoms with E-state index in [4.69, 9.17) is 0 Å². The molecule has 19 heavy (non-hydrogen) atoms. The van der Waals surface area contributed by atoms with E-state index in [0.29, 0.717) is 11.1 Å². The lowest BCUT2D eigenvalue weighted by atomic mass is 10.2. The van der Waals surface area contributed by atoms with Crippen molar-refractivity contribution in [2.75, 3.05) is 7.11 Å². The third-order valence-corrected chi connectivity index (χ3v) is 3.83. The summed E-state index contributed by atoms with van der Waals surface area (Å²) in [4.78, 5) is 26.4. The number of nitrogens with one attached hydrogen (secondary N) is 1. The van der Waals surface area contributed by atoms with Crippen molar-refractivity contribution in [2.45, 2.75) is 31.7 Å². The fourth-order valence-corrected chi connectivity index (χ4v) is 2.90. The molecule has 1 fully saturated rings. The average molecular weight is 260 g/mol. The molecule has 5 nitrogen and oxygen atoms in total. The zero-order chi connectivity index (χ0) is 13.4. The standard InChI is InChI=1S/C14H16N2O3/c1-19-13(17)9-6-7-12-11(8-9)15-14(18)16(12)10-4-2-3-5-10/h6-8,10H,2-5H2,1H3,(H,15,18). The van der Waals surface area contributed by atoms with Crippen LogP contribution in [-0.4, -0.2) is 22.6 Å². The second-order valence-corrected chi connectivity index (χ2v) is 4.96. The number of aromatic nitrogens is 2. The molecule has 0 unspecified atom stereocenters. The minimum Gasteiger partial charge on any atom is -0.465 e. The van der Waals surface area contributed by atoms with Gasteiger partial charge in [-0.25, -0.2) is 9.59 Å². The summed E-state index contributed by atoms with van der Waals surface area (Å²) in [7, 11) is 1.35. The molecular formula is C14H16N2O3. The second kappa shape index (κ2) is 4.57. The molecule has 2 aromatic rings. The Bertz CT molecular complexity index is 678. The Morgan fingerprint density at radius 3 is 2.79 bits per heavy atom. The van der Waals surface area contributed by atoms with Gasteiger partial charge in [0.05, 0.1) is 23.7 Å². The molecule has 1 aromatic heterocycles. The maximum absolute atomic E-state index is 12.1. The van der Waals surface area contributed by atoms with Crippen LogP contribution in [0.25, 0.3) is 11.0 Å². The van der Waals surface area contributed by atoms with Crippen LogP contribution in [-0.2, 0) is 4.74 Å². The topological polar surface area (TPSA) is 64.1 Å². The number of hydrogen-bond acceptors (Lipinski definition) is 3. The van der Waals surface area contributed by atoms with Crippen molar-refractivity contribution in [2.24, 2.45) is 0 Å². The van der Waals surface area contributed by atoms with Crippen molar-refractivity contribution in [3.8, 4) is 0 Å². The molecule has 0 amide bonds. The average Bonchev–Trinajstić information content (AvgIpc) is 3.02. The van der Waals surface area contributed by atoms with E-state index >= 15 is 0 Å². The highest BCUT2D eigenvalue weighted by molar-refractivity contribution is 5.93. The molecule has 1 saturated carbocycles. The van der Waals surface area contributed by atoms with E-state index in [1.165, 1.54) is 20.0 Å². The van der Waals surface area contributed by atoms with Gasteiger partial charge >= 0.3 is 11.7 Å². The molecular weight excluding hydrogens is 244 g/mol. The van der Waals surface area contributed by atoms with Crippen LogP contribution in [0.4, 0.5) is 0 Å². The number of carbonyl (C=O) groups excluding carboxylic acids is 1. The Kier molecular flexibility index (Phi) is 2.89. The van der Waals surface area contributed by atoms with Crippen molar-refractivity contribution in [1.82, 2.24) is 9.55 Å². The lowest BCUT2D eigenvalue weighted by molar-refractivity contribution is 0.0601. The number of H-pyrrole nitrogens is 1. The van der Waals surface area contributed by atoms with Crippen LogP contribution >= 0.6 is 0 Å². The van der Waals surface area contributed by atoms with Crippen LogP contribution < -0.4 is 5.69 Å². The number of benzene rings is 1. The summed E-state index contributed by atoms with van der Waals surface area (Å²) < 4.78 is 6.51. The lowest BCUT2D eigenvalue weighted by Gasteiger charge is -2.11. The van der Waals surface area contributed by atoms with Crippen molar-refractivity contribution in [1.29, 1.82) is 0 Å². The molecule has 0 spiro atoms. The zero-order valence-corrected chi connectivity index (χ0v) is 10.8. The molecule has 3 rings (SSSR count). The van der Waals surface area contributed by atoms with Gasteiger partial charge in [-0.2, -0.15) is 0 Å². The number of aromatic amines is 1. The Labute approximate surface area is 110 Å². The smallest absolute Gasteiger partial charge is 0.337 e. The maximum atomic E-state index is 12.1. The van der Waals surface area contributed by atoms with Gasteiger partial charge in [0.2, 0.25) is 0 Å². The molecule has 1 aromatic carbocycles. The minimum atomic E-state index is -0.392. The first-order valence-electron chi connectivity index (χ1n) is 6.53. The summed E-state index contributed by atoms with van der Waals surface area (Å²) in [5.74, 6) is -0.392. The summed E-state index contributed by atoms with van der Waals surface area (Å²) >= 11 is 0. The zero-order valence-electron chi connectivity index (χ0n) is 10.8. The molecule has 0 radical (unpaired) electrons. The molecule has 1 aliphatic carbocycles. The van der Waals surface area contributed by atoms with Crippen LogP contribution in [0.3, 0.4) is 0 Å². The first kappa shape index (κ1) is 12.0. The number of fused-ring (bicyclic) bond motifs is 1. The normalized spacial score (nSPS) is 16.1. The van der Waals surface area contributed by atoms with Crippen LogP contribution in [0.15, 0.2) is 23.0 Å². The molecule has 100 valence electrons. The number of nitrogens with zero attached hydrogens (tertiary/aromatic N) is 1. The van der Waals surface area contributed by atoms with Gasteiger partial charge in [0.1, 0.15) is 0 Å². The van der Waals surface area contributed by atoms with Gasteiger partial charge in [0, 0.05) is 6.04 Å². The second-order valence-electron chi connectivity index (χ2n) is 4.96. The van der Waals surface area contributed by atoms with Crippen LogP contribution in [0.5, 0.6) is 0 Å². The Morgan fingerprint density at radius 1 is 1.37 bits per heavy atom. The predicted octanol–water partition coefficient (Wildman–Crippen LogP) is 2.23. The quantitative estimate of drug-likeness (QED) is 0.842. The maximum Gasteiger partial charge on any atom is 0.337 e. The van der Waals surface area contributed by atoms with Gasteiger partial charge in [0.15, 0.2) is 0 Å². The van der Waals surface area contributed by atoms with Crippen molar-refractivity contribution >= 4 is 17.0 Å². The van der Waals surface area contributed by atoms with E-state index in [-0.39, 0.29) is 11.7 Å². The fraction of sp³-hybridized carbons (Fsp3) is 0.429. The van der Waals surface area contributed by atoms with Crippen molar-refractivity contribution in [3.05, 3.63) is 34.2 Å². The summed E-state index contributed by atoms with van der Waals surface area (Å²) in [5, 5.41) is 0. The highest BCUT2D eigenvalue weighted by Gasteiger charge is 2.21. The van der Waals surface area contributed by atoms with Gasteiger partial charge in [-0.3, -0.25) is 4.57 Å². The fourth-order valence-electron chi connectivity index (χ4n) is 2.90. The summed E-state index contributed by atoms with van der Waals surface area (Å²) in [5.41, 5.74) is 1.92. The number of ether oxygens (including phenoxy) is 1. The van der Waals surface area contributed by atoms with Gasteiger partial charge < -0.3 is 9.72 Å².